The number of aliphatic hydroxyl groups excluding tert-OH is 1. The highest BCUT2D eigenvalue weighted by atomic mass is 16.6. The fourth-order valence-corrected chi connectivity index (χ4v) is 4.44. The molecular weight excluding hydrogens is 572 g/mol. The second-order valence-corrected chi connectivity index (χ2v) is 11.6. The molecule has 0 aliphatic carbocycles. The van der Waals surface area contributed by atoms with Gasteiger partial charge in [-0.05, 0) is 83.5 Å². The molecule has 46 heavy (non-hydrogen) atoms. The van der Waals surface area contributed by atoms with Crippen LogP contribution in [0.1, 0.15) is 142 Å². The molecule has 0 radical (unpaired) electrons. The van der Waals surface area contributed by atoms with E-state index in [9.17, 15) is 14.7 Å². The fraction of sp³-hybridized carbons (Fsp3) is 0.610. The van der Waals surface area contributed by atoms with E-state index in [0.717, 1.165) is 57.8 Å². The Morgan fingerprint density at radius 2 is 0.957 bits per heavy atom. The fourth-order valence-electron chi connectivity index (χ4n) is 4.44. The maximum atomic E-state index is 12.1. The van der Waals surface area contributed by atoms with Crippen LogP contribution < -0.4 is 0 Å². The van der Waals surface area contributed by atoms with Crippen molar-refractivity contribution in [1.82, 2.24) is 0 Å². The number of allylic oxidation sites excluding steroid dienone is 14. The molecule has 0 bridgehead atoms. The smallest absolute Gasteiger partial charge is 0.306 e. The van der Waals surface area contributed by atoms with Crippen molar-refractivity contribution in [2.45, 2.75) is 148 Å². The first kappa shape index (κ1) is 43.1. The van der Waals surface area contributed by atoms with Crippen molar-refractivity contribution in [2.24, 2.45) is 0 Å². The van der Waals surface area contributed by atoms with Crippen LogP contribution in [0.5, 0.6) is 0 Å². The molecule has 1 atom stereocenters. The summed E-state index contributed by atoms with van der Waals surface area (Å²) in [5.41, 5.74) is 0. The molecule has 0 fully saturated rings. The number of unbranched alkanes of at least 4 members (excludes halogenated alkanes) is 9. The van der Waals surface area contributed by atoms with Gasteiger partial charge in [0.1, 0.15) is 6.61 Å². The average Bonchev–Trinajstić information content (AvgIpc) is 3.06. The SMILES string of the molecule is CC/C=C\C/C=C\C/C=C\C/C=C\CCCCC(=O)O[C@@H](CO)COC(=O)CCC/C=C\C/C=C\C/C=C\CCCCCCCC. The van der Waals surface area contributed by atoms with E-state index in [4.69, 9.17) is 9.47 Å². The molecule has 0 rings (SSSR count). The molecule has 1 N–H and O–H groups in total. The van der Waals surface area contributed by atoms with E-state index in [0.29, 0.717) is 19.3 Å². The lowest BCUT2D eigenvalue weighted by Crippen LogP contribution is -2.28. The van der Waals surface area contributed by atoms with E-state index in [1.807, 2.05) is 0 Å². The molecule has 0 saturated carbocycles. The van der Waals surface area contributed by atoms with Gasteiger partial charge in [-0.25, -0.2) is 0 Å². The largest absolute Gasteiger partial charge is 0.462 e. The molecule has 260 valence electrons. The summed E-state index contributed by atoms with van der Waals surface area (Å²) in [6.07, 6.45) is 49.3. The molecule has 0 saturated heterocycles. The van der Waals surface area contributed by atoms with Crippen LogP contribution in [0.4, 0.5) is 0 Å². The Bertz CT molecular complexity index is 906. The van der Waals surface area contributed by atoms with Crippen molar-refractivity contribution < 1.29 is 24.2 Å². The van der Waals surface area contributed by atoms with E-state index >= 15 is 0 Å². The van der Waals surface area contributed by atoms with Crippen molar-refractivity contribution in [3.63, 3.8) is 0 Å². The van der Waals surface area contributed by atoms with Crippen LogP contribution in [0.15, 0.2) is 85.1 Å². The minimum Gasteiger partial charge on any atom is -0.462 e. The van der Waals surface area contributed by atoms with Gasteiger partial charge in [-0.2, -0.15) is 0 Å². The molecule has 0 aromatic carbocycles. The van der Waals surface area contributed by atoms with E-state index in [-0.39, 0.29) is 31.6 Å². The first-order valence-electron chi connectivity index (χ1n) is 18.1. The van der Waals surface area contributed by atoms with Gasteiger partial charge in [0, 0.05) is 12.8 Å². The maximum absolute atomic E-state index is 12.1. The number of esters is 2. The summed E-state index contributed by atoms with van der Waals surface area (Å²) in [5, 5.41) is 9.52. The standard InChI is InChI=1S/C41H66O5/c1-3-5-7-9-11-13-15-17-19-20-22-23-25-27-29-31-33-35-40(43)45-38-39(37-42)46-41(44)36-34-32-30-28-26-24-21-18-16-14-12-10-8-6-4-2/h6,8,12,14,17-19,21-23,26-29,39,42H,3-5,7,9-11,13,15-16,20,24-25,30-38H2,1-2H3/b8-6-,14-12-,19-17-,21-18-,23-22-,28-26-,29-27-/t39-/m0/s1. The van der Waals surface area contributed by atoms with Crippen LogP contribution in [-0.2, 0) is 19.1 Å². The van der Waals surface area contributed by atoms with Crippen molar-refractivity contribution in [3.05, 3.63) is 85.1 Å². The second-order valence-electron chi connectivity index (χ2n) is 11.6. The Morgan fingerprint density at radius 3 is 1.48 bits per heavy atom. The molecule has 0 unspecified atom stereocenters. The third-order valence-electron chi connectivity index (χ3n) is 7.17. The molecule has 0 spiro atoms. The Kier molecular flexibility index (Phi) is 34.2. The lowest BCUT2D eigenvalue weighted by molar-refractivity contribution is -0.161. The highest BCUT2D eigenvalue weighted by molar-refractivity contribution is 5.70. The number of ether oxygens (including phenoxy) is 2. The zero-order chi connectivity index (χ0) is 33.6. The Morgan fingerprint density at radius 1 is 0.522 bits per heavy atom. The van der Waals surface area contributed by atoms with Gasteiger partial charge in [-0.15, -0.1) is 0 Å². The number of carbonyl (C=O) groups excluding carboxylic acids is 2. The normalized spacial score (nSPS) is 13.2. The van der Waals surface area contributed by atoms with E-state index < -0.39 is 6.10 Å². The number of aliphatic hydroxyl groups is 1. The van der Waals surface area contributed by atoms with Gasteiger partial charge in [0.15, 0.2) is 6.10 Å². The lowest BCUT2D eigenvalue weighted by Gasteiger charge is -2.15. The van der Waals surface area contributed by atoms with Crippen LogP contribution in [0.25, 0.3) is 0 Å². The number of hydrogen-bond acceptors (Lipinski definition) is 5. The summed E-state index contributed by atoms with van der Waals surface area (Å²) >= 11 is 0. The summed E-state index contributed by atoms with van der Waals surface area (Å²) in [4.78, 5) is 24.1. The molecule has 0 heterocycles. The number of carbonyl (C=O) groups is 2. The average molecular weight is 639 g/mol. The Balaban J connectivity index is 3.77. The monoisotopic (exact) mass is 638 g/mol. The van der Waals surface area contributed by atoms with Crippen molar-refractivity contribution in [3.8, 4) is 0 Å². The minimum absolute atomic E-state index is 0.114. The van der Waals surface area contributed by atoms with Crippen LogP contribution in [0.2, 0.25) is 0 Å². The highest BCUT2D eigenvalue weighted by Crippen LogP contribution is 2.08. The van der Waals surface area contributed by atoms with Crippen LogP contribution in [-0.4, -0.2) is 36.4 Å². The zero-order valence-corrected chi connectivity index (χ0v) is 29.3. The van der Waals surface area contributed by atoms with Gasteiger partial charge in [-0.3, -0.25) is 9.59 Å². The van der Waals surface area contributed by atoms with Crippen molar-refractivity contribution in [2.75, 3.05) is 13.2 Å². The van der Waals surface area contributed by atoms with E-state index in [1.54, 1.807) is 0 Å². The molecule has 0 amide bonds. The van der Waals surface area contributed by atoms with E-state index in [2.05, 4.69) is 98.9 Å². The third-order valence-corrected chi connectivity index (χ3v) is 7.17. The number of hydrogen-bond donors (Lipinski definition) is 1. The Labute approximate surface area is 282 Å². The van der Waals surface area contributed by atoms with Crippen LogP contribution in [0.3, 0.4) is 0 Å². The number of rotatable bonds is 31. The van der Waals surface area contributed by atoms with Gasteiger partial charge in [0.25, 0.3) is 0 Å². The van der Waals surface area contributed by atoms with E-state index in [1.165, 1.54) is 44.9 Å². The molecule has 5 heteroatoms. The predicted octanol–water partition coefficient (Wildman–Crippen LogP) is 11.2. The summed E-state index contributed by atoms with van der Waals surface area (Å²) in [7, 11) is 0. The minimum atomic E-state index is -0.817. The first-order chi connectivity index (χ1) is 22.6. The van der Waals surface area contributed by atoms with Crippen molar-refractivity contribution >= 4 is 11.9 Å². The van der Waals surface area contributed by atoms with Gasteiger partial charge in [-0.1, -0.05) is 131 Å². The quantitative estimate of drug-likeness (QED) is 0.0465. The van der Waals surface area contributed by atoms with Gasteiger partial charge in [0.05, 0.1) is 6.61 Å². The van der Waals surface area contributed by atoms with Crippen molar-refractivity contribution in [1.29, 1.82) is 0 Å². The molecular formula is C41H66O5. The molecule has 0 aromatic rings. The topological polar surface area (TPSA) is 72.8 Å². The second kappa shape index (κ2) is 36.5. The van der Waals surface area contributed by atoms with Crippen LogP contribution in [0, 0.1) is 0 Å². The zero-order valence-electron chi connectivity index (χ0n) is 29.3. The maximum Gasteiger partial charge on any atom is 0.306 e. The molecule has 0 aliphatic rings. The highest BCUT2D eigenvalue weighted by Gasteiger charge is 2.15. The molecule has 0 aliphatic heterocycles. The summed E-state index contributed by atoms with van der Waals surface area (Å²) in [6.45, 7) is 3.91. The first-order valence-corrected chi connectivity index (χ1v) is 18.1. The van der Waals surface area contributed by atoms with Crippen LogP contribution >= 0.6 is 0 Å². The summed E-state index contributed by atoms with van der Waals surface area (Å²) < 4.78 is 10.5. The Hall–Kier alpha value is -2.92. The summed E-state index contributed by atoms with van der Waals surface area (Å²) in [6, 6.07) is 0. The molecule has 5 nitrogen and oxygen atoms in total. The molecule has 0 aromatic heterocycles. The van der Waals surface area contributed by atoms with Gasteiger partial charge >= 0.3 is 11.9 Å². The third kappa shape index (κ3) is 34.0. The van der Waals surface area contributed by atoms with Gasteiger partial charge < -0.3 is 14.6 Å². The predicted molar refractivity (Wildman–Crippen MR) is 196 cm³/mol. The summed E-state index contributed by atoms with van der Waals surface area (Å²) in [5.74, 6) is -0.711. The lowest BCUT2D eigenvalue weighted by atomic mass is 10.1. The van der Waals surface area contributed by atoms with Gasteiger partial charge in [0.2, 0.25) is 0 Å².